The summed E-state index contributed by atoms with van der Waals surface area (Å²) < 4.78 is 7.58. The molecule has 0 radical (unpaired) electrons. The second-order valence-corrected chi connectivity index (χ2v) is 6.86. The summed E-state index contributed by atoms with van der Waals surface area (Å²) in [5.74, 6) is 2.70. The molecular formula is C16H24N4OS. The number of likely N-dealkylation sites (tertiary alicyclic amines) is 1. The van der Waals surface area contributed by atoms with Crippen LogP contribution in [0.2, 0.25) is 0 Å². The quantitative estimate of drug-likeness (QED) is 0.762. The van der Waals surface area contributed by atoms with Crippen molar-refractivity contribution in [1.29, 1.82) is 0 Å². The Hall–Kier alpha value is -1.27. The van der Waals surface area contributed by atoms with Crippen LogP contribution in [0.3, 0.4) is 0 Å². The van der Waals surface area contributed by atoms with Gasteiger partial charge in [-0.05, 0) is 51.9 Å². The Morgan fingerprint density at radius 3 is 3.00 bits per heavy atom. The Morgan fingerprint density at radius 1 is 1.36 bits per heavy atom. The molecule has 0 aromatic carbocycles. The Bertz CT molecular complexity index is 581. The smallest absolute Gasteiger partial charge is 0.200 e. The summed E-state index contributed by atoms with van der Waals surface area (Å²) in [5, 5.41) is 9.64. The average molecular weight is 320 g/mol. The minimum absolute atomic E-state index is 0.726. The van der Waals surface area contributed by atoms with Crippen molar-refractivity contribution in [2.75, 3.05) is 19.3 Å². The Balaban J connectivity index is 1.61. The maximum absolute atomic E-state index is 5.45. The normalized spacial score (nSPS) is 19.6. The van der Waals surface area contributed by atoms with Crippen molar-refractivity contribution in [3.8, 4) is 11.6 Å². The van der Waals surface area contributed by atoms with Gasteiger partial charge in [-0.1, -0.05) is 18.2 Å². The predicted octanol–water partition coefficient (Wildman–Crippen LogP) is 3.52. The highest BCUT2D eigenvalue weighted by atomic mass is 32.2. The number of rotatable bonds is 6. The summed E-state index contributed by atoms with van der Waals surface area (Å²) in [6, 6.07) is 4.54. The highest BCUT2D eigenvalue weighted by Crippen LogP contribution is 2.26. The van der Waals surface area contributed by atoms with E-state index in [0.29, 0.717) is 0 Å². The van der Waals surface area contributed by atoms with Gasteiger partial charge in [0.15, 0.2) is 16.7 Å². The zero-order valence-corrected chi connectivity index (χ0v) is 14.2. The monoisotopic (exact) mass is 320 g/mol. The minimum Gasteiger partial charge on any atom is -0.461 e. The molecule has 2 aromatic heterocycles. The minimum atomic E-state index is 0.726. The lowest BCUT2D eigenvalue weighted by Crippen LogP contribution is -2.36. The van der Waals surface area contributed by atoms with Gasteiger partial charge in [0.2, 0.25) is 0 Å². The summed E-state index contributed by atoms with van der Waals surface area (Å²) in [5.41, 5.74) is 0. The summed E-state index contributed by atoms with van der Waals surface area (Å²) >= 11 is 1.81. The van der Waals surface area contributed by atoms with Crippen LogP contribution in [-0.2, 0) is 6.54 Å². The molecule has 2 aromatic rings. The first-order valence-electron chi connectivity index (χ1n) is 8.09. The van der Waals surface area contributed by atoms with Crippen molar-refractivity contribution < 1.29 is 4.42 Å². The van der Waals surface area contributed by atoms with E-state index < -0.39 is 0 Å². The number of aromatic nitrogens is 3. The topological polar surface area (TPSA) is 47.1 Å². The standard InChI is InChI=1S/C16H24N4OS/c1-3-20-15(14-8-6-11-21-14)17-18-16(20)22-12-9-13-7-4-5-10-19(13)2/h6,8,11,13H,3-5,7,9-10,12H2,1-2H3. The number of hydrogen-bond acceptors (Lipinski definition) is 5. The van der Waals surface area contributed by atoms with Gasteiger partial charge < -0.3 is 9.32 Å². The molecule has 1 unspecified atom stereocenters. The summed E-state index contributed by atoms with van der Waals surface area (Å²) in [7, 11) is 2.25. The Kier molecular flexibility index (Phi) is 5.20. The van der Waals surface area contributed by atoms with Gasteiger partial charge in [0.05, 0.1) is 6.26 Å². The molecule has 0 aliphatic carbocycles. The molecule has 1 fully saturated rings. The zero-order chi connectivity index (χ0) is 15.4. The SMILES string of the molecule is CCn1c(SCCC2CCCCN2C)nnc1-c1ccco1. The molecule has 0 amide bonds. The fraction of sp³-hybridized carbons (Fsp3) is 0.625. The van der Waals surface area contributed by atoms with Crippen LogP contribution in [0.15, 0.2) is 28.0 Å². The third-order valence-electron chi connectivity index (χ3n) is 4.38. The van der Waals surface area contributed by atoms with Crippen LogP contribution >= 0.6 is 11.8 Å². The van der Waals surface area contributed by atoms with E-state index in [1.165, 1.54) is 32.2 Å². The third kappa shape index (κ3) is 3.38. The van der Waals surface area contributed by atoms with Crippen LogP contribution in [0.5, 0.6) is 0 Å². The van der Waals surface area contributed by atoms with E-state index in [2.05, 4.69) is 33.6 Å². The molecule has 1 aliphatic rings. The highest BCUT2D eigenvalue weighted by Gasteiger charge is 2.19. The van der Waals surface area contributed by atoms with Gasteiger partial charge >= 0.3 is 0 Å². The van der Waals surface area contributed by atoms with Crippen LogP contribution in [-0.4, -0.2) is 45.1 Å². The molecule has 0 bridgehead atoms. The predicted molar refractivity (Wildman–Crippen MR) is 89.0 cm³/mol. The molecule has 1 saturated heterocycles. The van der Waals surface area contributed by atoms with Crippen molar-refractivity contribution in [1.82, 2.24) is 19.7 Å². The summed E-state index contributed by atoms with van der Waals surface area (Å²) in [4.78, 5) is 2.50. The fourth-order valence-electron chi connectivity index (χ4n) is 3.06. The number of hydrogen-bond donors (Lipinski definition) is 0. The van der Waals surface area contributed by atoms with Crippen molar-refractivity contribution in [2.24, 2.45) is 0 Å². The molecule has 5 nitrogen and oxygen atoms in total. The number of thioether (sulfide) groups is 1. The molecule has 1 aliphatic heterocycles. The van der Waals surface area contributed by atoms with Crippen LogP contribution in [0.25, 0.3) is 11.6 Å². The second kappa shape index (κ2) is 7.33. The molecule has 1 atom stereocenters. The van der Waals surface area contributed by atoms with Crippen molar-refractivity contribution in [3.05, 3.63) is 18.4 Å². The van der Waals surface area contributed by atoms with Gasteiger partial charge in [-0.2, -0.15) is 0 Å². The summed E-state index contributed by atoms with van der Waals surface area (Å²) in [6.07, 6.45) is 6.93. The van der Waals surface area contributed by atoms with Gasteiger partial charge in [-0.3, -0.25) is 4.57 Å². The van der Waals surface area contributed by atoms with Gasteiger partial charge in [-0.25, -0.2) is 0 Å². The molecule has 3 heterocycles. The van der Waals surface area contributed by atoms with Crippen molar-refractivity contribution in [3.63, 3.8) is 0 Å². The lowest BCUT2D eigenvalue weighted by molar-refractivity contribution is 0.182. The first-order valence-corrected chi connectivity index (χ1v) is 9.08. The lowest BCUT2D eigenvalue weighted by atomic mass is 10.0. The molecule has 3 rings (SSSR count). The molecule has 0 spiro atoms. The zero-order valence-electron chi connectivity index (χ0n) is 13.4. The largest absolute Gasteiger partial charge is 0.461 e. The van der Waals surface area contributed by atoms with E-state index in [0.717, 1.165) is 35.1 Å². The number of nitrogens with zero attached hydrogens (tertiary/aromatic N) is 4. The van der Waals surface area contributed by atoms with E-state index >= 15 is 0 Å². The molecule has 6 heteroatoms. The molecular weight excluding hydrogens is 296 g/mol. The third-order valence-corrected chi connectivity index (χ3v) is 5.38. The second-order valence-electron chi connectivity index (χ2n) is 5.80. The van der Waals surface area contributed by atoms with Crippen LogP contribution < -0.4 is 0 Å². The van der Waals surface area contributed by atoms with E-state index in [9.17, 15) is 0 Å². The Labute approximate surface area is 136 Å². The number of furan rings is 1. The van der Waals surface area contributed by atoms with Crippen molar-refractivity contribution >= 4 is 11.8 Å². The summed E-state index contributed by atoms with van der Waals surface area (Å²) in [6.45, 7) is 4.21. The van der Waals surface area contributed by atoms with Crippen LogP contribution in [0, 0.1) is 0 Å². The molecule has 0 saturated carbocycles. The van der Waals surface area contributed by atoms with E-state index in [1.54, 1.807) is 18.0 Å². The number of piperidine rings is 1. The molecule has 22 heavy (non-hydrogen) atoms. The first kappa shape index (κ1) is 15.6. The van der Waals surface area contributed by atoms with Gasteiger partial charge in [0, 0.05) is 18.3 Å². The maximum atomic E-state index is 5.45. The lowest BCUT2D eigenvalue weighted by Gasteiger charge is -2.32. The first-order chi connectivity index (χ1) is 10.8. The van der Waals surface area contributed by atoms with Crippen LogP contribution in [0.4, 0.5) is 0 Å². The van der Waals surface area contributed by atoms with E-state index in [4.69, 9.17) is 4.42 Å². The maximum Gasteiger partial charge on any atom is 0.200 e. The highest BCUT2D eigenvalue weighted by molar-refractivity contribution is 7.99. The van der Waals surface area contributed by atoms with Gasteiger partial charge in [-0.15, -0.1) is 10.2 Å². The van der Waals surface area contributed by atoms with Crippen molar-refractivity contribution in [2.45, 2.75) is 50.4 Å². The van der Waals surface area contributed by atoms with Gasteiger partial charge in [0.25, 0.3) is 0 Å². The average Bonchev–Trinajstić information content (AvgIpc) is 3.17. The van der Waals surface area contributed by atoms with Gasteiger partial charge in [0.1, 0.15) is 0 Å². The van der Waals surface area contributed by atoms with Crippen LogP contribution in [0.1, 0.15) is 32.6 Å². The molecule has 0 N–H and O–H groups in total. The fourth-order valence-corrected chi connectivity index (χ4v) is 4.11. The van der Waals surface area contributed by atoms with E-state index in [-0.39, 0.29) is 0 Å². The molecule has 120 valence electrons. The van der Waals surface area contributed by atoms with E-state index in [1.807, 2.05) is 12.1 Å². The Morgan fingerprint density at radius 2 is 2.27 bits per heavy atom.